The fourth-order valence-electron chi connectivity index (χ4n) is 1.92. The van der Waals surface area contributed by atoms with Crippen LogP contribution in [-0.2, 0) is 0 Å². The molecular formula is C12H20F5I. The fraction of sp³-hybridized carbons (Fsp3) is 1.00. The molecule has 0 saturated carbocycles. The van der Waals surface area contributed by atoms with E-state index in [1.54, 1.807) is 22.6 Å². The molecule has 0 aromatic rings. The highest BCUT2D eigenvalue weighted by molar-refractivity contribution is 14.1. The molecule has 0 aliphatic rings. The molecule has 0 saturated heterocycles. The summed E-state index contributed by atoms with van der Waals surface area (Å²) in [6.07, 6.45) is -1.56. The van der Waals surface area contributed by atoms with Gasteiger partial charge in [0.2, 0.25) is 0 Å². The summed E-state index contributed by atoms with van der Waals surface area (Å²) < 4.78 is 62.9. The second-order valence-corrected chi connectivity index (χ2v) is 6.10. The molecule has 0 aliphatic heterocycles. The maximum absolute atomic E-state index is 13.3. The van der Waals surface area contributed by atoms with Gasteiger partial charge in [0.05, 0.1) is 0 Å². The van der Waals surface area contributed by atoms with Crippen LogP contribution in [0, 0.1) is 5.92 Å². The smallest absolute Gasteiger partial charge is 0.196 e. The first-order valence-corrected chi connectivity index (χ1v) is 7.51. The summed E-state index contributed by atoms with van der Waals surface area (Å²) in [5.74, 6) is -6.21. The van der Waals surface area contributed by atoms with Crippen molar-refractivity contribution in [1.29, 1.82) is 0 Å². The summed E-state index contributed by atoms with van der Waals surface area (Å²) in [6, 6.07) is 0. The predicted molar refractivity (Wildman–Crippen MR) is 71.4 cm³/mol. The van der Waals surface area contributed by atoms with E-state index in [0.717, 1.165) is 19.3 Å². The van der Waals surface area contributed by atoms with Crippen LogP contribution in [0.3, 0.4) is 0 Å². The Kier molecular flexibility index (Phi) is 8.01. The zero-order valence-electron chi connectivity index (χ0n) is 10.7. The van der Waals surface area contributed by atoms with Crippen LogP contribution in [0.2, 0.25) is 0 Å². The van der Waals surface area contributed by atoms with Crippen LogP contribution < -0.4 is 0 Å². The first-order chi connectivity index (χ1) is 8.18. The average Bonchev–Trinajstić information content (AvgIpc) is 2.23. The molecule has 2 unspecified atom stereocenters. The lowest BCUT2D eigenvalue weighted by molar-refractivity contribution is -0.302. The summed E-state index contributed by atoms with van der Waals surface area (Å²) in [4.78, 5) is 0. The van der Waals surface area contributed by atoms with Crippen LogP contribution in [0.4, 0.5) is 22.0 Å². The van der Waals surface area contributed by atoms with E-state index in [1.165, 1.54) is 6.92 Å². The first kappa shape index (κ1) is 18.4. The Bertz CT molecular complexity index is 227. The molecule has 0 fully saturated rings. The molecule has 0 aliphatic carbocycles. The van der Waals surface area contributed by atoms with Gasteiger partial charge in [-0.25, -0.2) is 0 Å². The van der Waals surface area contributed by atoms with Gasteiger partial charge in [-0.1, -0.05) is 62.1 Å². The van der Waals surface area contributed by atoms with Gasteiger partial charge in [0.25, 0.3) is 0 Å². The van der Waals surface area contributed by atoms with Crippen LogP contribution in [0.5, 0.6) is 0 Å². The van der Waals surface area contributed by atoms with Crippen molar-refractivity contribution in [1.82, 2.24) is 0 Å². The molecule has 2 atom stereocenters. The molecule has 0 bridgehead atoms. The number of rotatable bonds is 8. The number of hydrogen-bond donors (Lipinski definition) is 0. The van der Waals surface area contributed by atoms with Crippen molar-refractivity contribution in [2.45, 2.75) is 68.4 Å². The molecule has 0 amide bonds. The van der Waals surface area contributed by atoms with E-state index in [9.17, 15) is 22.0 Å². The maximum atomic E-state index is 13.3. The highest BCUT2D eigenvalue weighted by Crippen LogP contribution is 2.46. The third-order valence-electron chi connectivity index (χ3n) is 3.05. The van der Waals surface area contributed by atoms with Crippen LogP contribution in [0.1, 0.15) is 52.4 Å². The van der Waals surface area contributed by atoms with E-state index in [-0.39, 0.29) is 6.42 Å². The van der Waals surface area contributed by atoms with Gasteiger partial charge in [-0.3, -0.25) is 0 Å². The number of unbranched alkanes of at least 4 members (excludes halogenated alkanes) is 3. The summed E-state index contributed by atoms with van der Waals surface area (Å²) in [7, 11) is 0. The second-order valence-electron chi connectivity index (χ2n) is 4.50. The average molecular weight is 386 g/mol. The Hall–Kier alpha value is 0.380. The molecule has 0 rings (SSSR count). The van der Waals surface area contributed by atoms with Crippen molar-refractivity contribution in [3.63, 3.8) is 0 Å². The highest BCUT2D eigenvalue weighted by atomic mass is 127. The summed E-state index contributed by atoms with van der Waals surface area (Å²) >= 11 is 1.74. The zero-order valence-corrected chi connectivity index (χ0v) is 12.8. The van der Waals surface area contributed by atoms with E-state index in [0.29, 0.717) is 12.8 Å². The van der Waals surface area contributed by atoms with Gasteiger partial charge in [-0.05, 0) is 12.8 Å². The first-order valence-electron chi connectivity index (χ1n) is 6.27. The topological polar surface area (TPSA) is 0 Å². The van der Waals surface area contributed by atoms with Gasteiger partial charge in [-0.2, -0.15) is 22.0 Å². The second kappa shape index (κ2) is 7.85. The normalized spacial score (nSPS) is 16.7. The Morgan fingerprint density at radius 2 is 1.50 bits per heavy atom. The Balaban J connectivity index is 4.48. The molecule has 0 nitrogen and oxygen atoms in total. The molecule has 0 radical (unpaired) electrons. The van der Waals surface area contributed by atoms with Crippen LogP contribution >= 0.6 is 22.6 Å². The standard InChI is InChI=1S/C12H20F5I/c1-3-5-6-7-8-10(18)9(4-2)11(13,14)12(15,16)17/h9-10H,3-8H2,1-2H3. The molecule has 0 spiro atoms. The maximum Gasteiger partial charge on any atom is 0.453 e. The lowest BCUT2D eigenvalue weighted by Gasteiger charge is -2.31. The molecule has 0 N–H and O–H groups in total. The minimum absolute atomic E-state index is 0.159. The van der Waals surface area contributed by atoms with Crippen LogP contribution in [0.15, 0.2) is 0 Å². The molecule has 6 heteroatoms. The van der Waals surface area contributed by atoms with Gasteiger partial charge in [0.15, 0.2) is 0 Å². The monoisotopic (exact) mass is 386 g/mol. The van der Waals surface area contributed by atoms with Crippen LogP contribution in [0.25, 0.3) is 0 Å². The molecule has 18 heavy (non-hydrogen) atoms. The minimum Gasteiger partial charge on any atom is -0.196 e. The third-order valence-corrected chi connectivity index (χ3v) is 4.54. The number of hydrogen-bond acceptors (Lipinski definition) is 0. The SMILES string of the molecule is CCCCCCC(I)C(CC)C(F)(F)C(F)(F)F. The summed E-state index contributed by atoms with van der Waals surface area (Å²) in [6.45, 7) is 3.41. The van der Waals surface area contributed by atoms with Gasteiger partial charge < -0.3 is 0 Å². The summed E-state index contributed by atoms with van der Waals surface area (Å²) in [5.41, 5.74) is 0. The van der Waals surface area contributed by atoms with Crippen molar-refractivity contribution < 1.29 is 22.0 Å². The van der Waals surface area contributed by atoms with Gasteiger partial charge >= 0.3 is 12.1 Å². The van der Waals surface area contributed by atoms with E-state index < -0.39 is 21.9 Å². The van der Waals surface area contributed by atoms with E-state index in [4.69, 9.17) is 0 Å². The fourth-order valence-corrected chi connectivity index (χ4v) is 3.32. The number of alkyl halides is 6. The van der Waals surface area contributed by atoms with Crippen molar-refractivity contribution in [3.05, 3.63) is 0 Å². The van der Waals surface area contributed by atoms with Crippen molar-refractivity contribution >= 4 is 22.6 Å². The Labute approximate surface area is 119 Å². The molecule has 0 heterocycles. The van der Waals surface area contributed by atoms with Gasteiger partial charge in [0, 0.05) is 9.84 Å². The Morgan fingerprint density at radius 3 is 1.89 bits per heavy atom. The summed E-state index contributed by atoms with van der Waals surface area (Å²) in [5, 5.41) is 0. The van der Waals surface area contributed by atoms with Crippen molar-refractivity contribution in [3.8, 4) is 0 Å². The highest BCUT2D eigenvalue weighted by Gasteiger charge is 2.62. The van der Waals surface area contributed by atoms with Crippen molar-refractivity contribution in [2.75, 3.05) is 0 Å². The molecule has 110 valence electrons. The third kappa shape index (κ3) is 5.17. The van der Waals surface area contributed by atoms with E-state index >= 15 is 0 Å². The lowest BCUT2D eigenvalue weighted by atomic mass is 9.91. The lowest BCUT2D eigenvalue weighted by Crippen LogP contribution is -2.46. The molecule has 0 aromatic heterocycles. The molecular weight excluding hydrogens is 366 g/mol. The number of halogens is 6. The van der Waals surface area contributed by atoms with Gasteiger partial charge in [-0.15, -0.1) is 0 Å². The largest absolute Gasteiger partial charge is 0.453 e. The predicted octanol–water partition coefficient (Wildman–Crippen LogP) is 5.98. The quantitative estimate of drug-likeness (QED) is 0.208. The molecule has 0 aromatic carbocycles. The zero-order chi connectivity index (χ0) is 14.4. The van der Waals surface area contributed by atoms with Crippen molar-refractivity contribution in [2.24, 2.45) is 5.92 Å². The van der Waals surface area contributed by atoms with E-state index in [1.807, 2.05) is 6.92 Å². The van der Waals surface area contributed by atoms with Gasteiger partial charge in [0.1, 0.15) is 0 Å². The van der Waals surface area contributed by atoms with Crippen LogP contribution in [-0.4, -0.2) is 16.0 Å². The minimum atomic E-state index is -5.44. The van der Waals surface area contributed by atoms with E-state index in [2.05, 4.69) is 0 Å². The Morgan fingerprint density at radius 1 is 0.944 bits per heavy atom.